The molecule has 0 aliphatic carbocycles. The van der Waals surface area contributed by atoms with E-state index in [2.05, 4.69) is 10.3 Å². The number of benzene rings is 2. The van der Waals surface area contributed by atoms with E-state index in [9.17, 15) is 17.2 Å². The number of anilines is 2. The summed E-state index contributed by atoms with van der Waals surface area (Å²) >= 11 is 0. The molecule has 170 valence electrons. The van der Waals surface area contributed by atoms with Crippen molar-refractivity contribution in [2.24, 2.45) is 5.92 Å². The predicted octanol–water partition coefficient (Wildman–Crippen LogP) is 4.77. The topological polar surface area (TPSA) is 62.3 Å². The first-order valence-electron chi connectivity index (χ1n) is 10.5. The molecule has 1 saturated heterocycles. The van der Waals surface area contributed by atoms with E-state index in [4.69, 9.17) is 0 Å². The first kappa shape index (κ1) is 22.4. The summed E-state index contributed by atoms with van der Waals surface area (Å²) in [5, 5.41) is 4.86. The van der Waals surface area contributed by atoms with Gasteiger partial charge >= 0.3 is 0 Å². The van der Waals surface area contributed by atoms with Crippen molar-refractivity contribution in [3.63, 3.8) is 0 Å². The molecular formula is C23H24F3N3O2S. The van der Waals surface area contributed by atoms with E-state index in [1.165, 1.54) is 4.90 Å². The third-order valence-electron chi connectivity index (χ3n) is 5.85. The lowest BCUT2D eigenvalue weighted by Gasteiger charge is -2.31. The Labute approximate surface area is 185 Å². The van der Waals surface area contributed by atoms with Crippen LogP contribution in [0.4, 0.5) is 24.7 Å². The molecule has 1 fully saturated rings. The number of halogens is 3. The number of pyridine rings is 1. The van der Waals surface area contributed by atoms with Gasteiger partial charge in [-0.25, -0.2) is 17.2 Å². The molecule has 2 heterocycles. The van der Waals surface area contributed by atoms with Gasteiger partial charge in [0.2, 0.25) is 0 Å². The lowest BCUT2D eigenvalue weighted by molar-refractivity contribution is 0.409. The Morgan fingerprint density at radius 3 is 2.47 bits per heavy atom. The minimum atomic E-state index is -4.46. The molecule has 0 amide bonds. The van der Waals surface area contributed by atoms with Crippen LogP contribution in [0.3, 0.4) is 0 Å². The van der Waals surface area contributed by atoms with Gasteiger partial charge in [-0.2, -0.15) is 9.37 Å². The molecule has 1 aromatic heterocycles. The van der Waals surface area contributed by atoms with Crippen molar-refractivity contribution in [3.05, 3.63) is 60.0 Å². The quantitative estimate of drug-likeness (QED) is 0.534. The van der Waals surface area contributed by atoms with Crippen molar-refractivity contribution < 1.29 is 21.6 Å². The highest BCUT2D eigenvalue weighted by atomic mass is 32.2. The Morgan fingerprint density at radius 1 is 1.03 bits per heavy atom. The fraction of sp³-hybridized carbons (Fsp3) is 0.348. The zero-order valence-corrected chi connectivity index (χ0v) is 18.4. The minimum Gasteiger partial charge on any atom is -0.384 e. The zero-order valence-electron chi connectivity index (χ0n) is 17.6. The van der Waals surface area contributed by atoms with Crippen LogP contribution in [0.15, 0.2) is 47.4 Å². The lowest BCUT2D eigenvalue weighted by Crippen LogP contribution is -2.35. The first-order chi connectivity index (χ1) is 15.3. The van der Waals surface area contributed by atoms with Crippen LogP contribution >= 0.6 is 0 Å². The Kier molecular flexibility index (Phi) is 6.28. The summed E-state index contributed by atoms with van der Waals surface area (Å²) in [7, 11) is -4.46. The van der Waals surface area contributed by atoms with Crippen molar-refractivity contribution in [1.82, 2.24) is 4.98 Å². The molecule has 4 rings (SSSR count). The highest BCUT2D eigenvalue weighted by Gasteiger charge is 2.32. The number of piperidine rings is 1. The van der Waals surface area contributed by atoms with Crippen molar-refractivity contribution in [2.45, 2.75) is 24.7 Å². The summed E-state index contributed by atoms with van der Waals surface area (Å²) in [6, 6.07) is 13.1. The van der Waals surface area contributed by atoms with Gasteiger partial charge in [0.15, 0.2) is 27.3 Å². The number of hydrogen-bond donors (Lipinski definition) is 1. The van der Waals surface area contributed by atoms with Gasteiger partial charge in [0.1, 0.15) is 4.90 Å². The molecule has 0 spiro atoms. The van der Waals surface area contributed by atoms with Gasteiger partial charge < -0.3 is 10.2 Å². The molecule has 32 heavy (non-hydrogen) atoms. The molecule has 1 N–H and O–H groups in total. The smallest absolute Gasteiger partial charge is 0.252 e. The lowest BCUT2D eigenvalue weighted by atomic mass is 9.99. The molecule has 1 aliphatic heterocycles. The third-order valence-corrected chi connectivity index (χ3v) is 7.57. The normalized spacial score (nSPS) is 15.3. The van der Waals surface area contributed by atoms with Crippen LogP contribution in [0.2, 0.25) is 0 Å². The van der Waals surface area contributed by atoms with Crippen molar-refractivity contribution in [3.8, 4) is 0 Å². The second-order valence-corrected chi connectivity index (χ2v) is 10.2. The highest BCUT2D eigenvalue weighted by molar-refractivity contribution is 7.91. The van der Waals surface area contributed by atoms with Gasteiger partial charge in [0.25, 0.3) is 5.95 Å². The maximum atomic E-state index is 15.1. The fourth-order valence-electron chi connectivity index (χ4n) is 3.99. The molecule has 0 saturated carbocycles. The summed E-state index contributed by atoms with van der Waals surface area (Å²) in [5.74, 6) is -5.35. The van der Waals surface area contributed by atoms with Crippen LogP contribution in [-0.2, 0) is 9.84 Å². The number of nitrogens with one attached hydrogen (secondary N) is 1. The molecule has 3 aromatic rings. The van der Waals surface area contributed by atoms with Gasteiger partial charge in [-0.05, 0) is 30.2 Å². The molecule has 0 atom stereocenters. The van der Waals surface area contributed by atoms with Crippen LogP contribution in [0.1, 0.15) is 19.8 Å². The fourth-order valence-corrected chi connectivity index (χ4v) is 5.28. The molecule has 0 unspecified atom stereocenters. The molecule has 0 bridgehead atoms. The summed E-state index contributed by atoms with van der Waals surface area (Å²) in [6.07, 6.45) is 1.47. The summed E-state index contributed by atoms with van der Waals surface area (Å²) < 4.78 is 69.4. The SMILES string of the molecule is CC1CCN(c2nc(F)c(F)c(S(=O)(=O)CCNc3cccc4ccccc34)c2F)CC1. The second-order valence-electron chi connectivity index (χ2n) is 8.13. The predicted molar refractivity (Wildman–Crippen MR) is 119 cm³/mol. The number of sulfone groups is 1. The maximum Gasteiger partial charge on any atom is 0.252 e. The average Bonchev–Trinajstić information content (AvgIpc) is 2.77. The van der Waals surface area contributed by atoms with E-state index in [-0.39, 0.29) is 6.54 Å². The summed E-state index contributed by atoms with van der Waals surface area (Å²) in [4.78, 5) is 3.61. The number of nitrogens with zero attached hydrogens (tertiary/aromatic N) is 2. The third kappa shape index (κ3) is 4.39. The van der Waals surface area contributed by atoms with E-state index in [1.54, 1.807) is 6.07 Å². The standard InChI is InChI=1S/C23H24F3N3O2S/c1-15-9-12-29(13-10-15)23-20(25)21(19(24)22(26)28-23)32(30,31)14-11-27-18-8-4-6-16-5-2-3-7-17(16)18/h2-8,15,27H,9-14H2,1H3. The van der Waals surface area contributed by atoms with Crippen LogP contribution in [0.5, 0.6) is 0 Å². The van der Waals surface area contributed by atoms with Gasteiger partial charge in [-0.15, -0.1) is 0 Å². The summed E-state index contributed by atoms with van der Waals surface area (Å²) in [6.45, 7) is 2.75. The largest absolute Gasteiger partial charge is 0.384 e. The Morgan fingerprint density at radius 2 is 1.72 bits per heavy atom. The zero-order chi connectivity index (χ0) is 22.9. The van der Waals surface area contributed by atoms with Crippen molar-refractivity contribution >= 4 is 32.1 Å². The maximum absolute atomic E-state index is 15.1. The molecule has 5 nitrogen and oxygen atoms in total. The molecule has 0 radical (unpaired) electrons. The van der Waals surface area contributed by atoms with Gasteiger partial charge in [0, 0.05) is 30.7 Å². The number of fused-ring (bicyclic) bond motifs is 1. The van der Waals surface area contributed by atoms with Crippen LogP contribution in [0.25, 0.3) is 10.8 Å². The van der Waals surface area contributed by atoms with E-state index < -0.39 is 43.9 Å². The van der Waals surface area contributed by atoms with Crippen LogP contribution in [0, 0.1) is 23.5 Å². The first-order valence-corrected chi connectivity index (χ1v) is 12.2. The average molecular weight is 464 g/mol. The molecule has 1 aliphatic rings. The summed E-state index contributed by atoms with van der Waals surface area (Å²) in [5.41, 5.74) is 0.697. The molecular weight excluding hydrogens is 439 g/mol. The number of rotatable bonds is 6. The van der Waals surface area contributed by atoms with Crippen LogP contribution < -0.4 is 10.2 Å². The van der Waals surface area contributed by atoms with Gasteiger partial charge in [-0.3, -0.25) is 0 Å². The van der Waals surface area contributed by atoms with Crippen molar-refractivity contribution in [1.29, 1.82) is 0 Å². The highest BCUT2D eigenvalue weighted by Crippen LogP contribution is 2.31. The van der Waals surface area contributed by atoms with Gasteiger partial charge in [0.05, 0.1) is 5.75 Å². The monoisotopic (exact) mass is 463 g/mol. The van der Waals surface area contributed by atoms with Crippen LogP contribution in [-0.4, -0.2) is 38.8 Å². The second kappa shape index (κ2) is 8.97. The minimum absolute atomic E-state index is 0.101. The van der Waals surface area contributed by atoms with E-state index >= 15 is 4.39 Å². The Hall–Kier alpha value is -2.81. The Bertz CT molecular complexity index is 1240. The molecule has 2 aromatic carbocycles. The van der Waals surface area contributed by atoms with E-state index in [0.29, 0.717) is 24.7 Å². The van der Waals surface area contributed by atoms with Crippen molar-refractivity contribution in [2.75, 3.05) is 35.6 Å². The molecule has 9 heteroatoms. The van der Waals surface area contributed by atoms with E-state index in [1.807, 2.05) is 43.3 Å². The Balaban J connectivity index is 1.58. The number of aromatic nitrogens is 1. The number of hydrogen-bond acceptors (Lipinski definition) is 5. The van der Waals surface area contributed by atoms with Gasteiger partial charge in [-0.1, -0.05) is 43.3 Å². The van der Waals surface area contributed by atoms with E-state index in [0.717, 1.165) is 23.6 Å².